The summed E-state index contributed by atoms with van der Waals surface area (Å²) < 4.78 is 0. The number of hydrogen-bond donors (Lipinski definition) is 3. The lowest BCUT2D eigenvalue weighted by Gasteiger charge is -2.20. The standard InChI is InChI=1S/C18H21N3O2/c1-12-7-3-5-9-14(12)16(21-18(19)23)11-17(22)20-15-10-6-4-8-13(15)2/h3-10,16H,11H2,1-2H3,(H,20,22)(H3,19,21,23). The van der Waals surface area contributed by atoms with Gasteiger partial charge in [0, 0.05) is 5.69 Å². The van der Waals surface area contributed by atoms with Crippen molar-refractivity contribution in [2.24, 2.45) is 5.73 Å². The number of benzene rings is 2. The van der Waals surface area contributed by atoms with Gasteiger partial charge in [-0.1, -0.05) is 42.5 Å². The molecule has 0 saturated heterocycles. The van der Waals surface area contributed by atoms with Gasteiger partial charge in [0.25, 0.3) is 0 Å². The minimum absolute atomic E-state index is 0.113. The molecule has 4 N–H and O–H groups in total. The van der Waals surface area contributed by atoms with Gasteiger partial charge in [0.15, 0.2) is 0 Å². The molecule has 0 saturated carbocycles. The topological polar surface area (TPSA) is 84.2 Å². The predicted octanol–water partition coefficient (Wildman–Crippen LogP) is 3.04. The molecule has 0 bridgehead atoms. The fourth-order valence-corrected chi connectivity index (χ4v) is 2.49. The van der Waals surface area contributed by atoms with Crippen LogP contribution in [-0.4, -0.2) is 11.9 Å². The second-order valence-electron chi connectivity index (χ2n) is 5.48. The third-order valence-corrected chi connectivity index (χ3v) is 3.69. The zero-order chi connectivity index (χ0) is 16.8. The summed E-state index contributed by atoms with van der Waals surface area (Å²) in [6, 6.07) is 14.0. The molecule has 23 heavy (non-hydrogen) atoms. The highest BCUT2D eigenvalue weighted by Gasteiger charge is 2.19. The SMILES string of the molecule is Cc1ccccc1NC(=O)CC(NC(N)=O)c1ccccc1C. The Kier molecular flexibility index (Phi) is 5.36. The first kappa shape index (κ1) is 16.5. The first-order valence-corrected chi connectivity index (χ1v) is 7.44. The molecule has 1 unspecified atom stereocenters. The molecule has 0 fully saturated rings. The van der Waals surface area contributed by atoms with Crippen LogP contribution >= 0.6 is 0 Å². The van der Waals surface area contributed by atoms with Gasteiger partial charge in [0.05, 0.1) is 12.5 Å². The number of primary amides is 1. The van der Waals surface area contributed by atoms with Crippen molar-refractivity contribution in [3.63, 3.8) is 0 Å². The number of para-hydroxylation sites is 1. The maximum absolute atomic E-state index is 12.3. The van der Waals surface area contributed by atoms with Crippen LogP contribution in [0.1, 0.15) is 29.2 Å². The molecule has 1 atom stereocenters. The Labute approximate surface area is 135 Å². The van der Waals surface area contributed by atoms with E-state index in [4.69, 9.17) is 5.73 Å². The average Bonchev–Trinajstić information content (AvgIpc) is 2.49. The highest BCUT2D eigenvalue weighted by Crippen LogP contribution is 2.22. The van der Waals surface area contributed by atoms with E-state index in [1.807, 2.05) is 62.4 Å². The first-order chi connectivity index (χ1) is 11.0. The van der Waals surface area contributed by atoms with Crippen molar-refractivity contribution in [3.05, 3.63) is 65.2 Å². The molecule has 2 aromatic rings. The van der Waals surface area contributed by atoms with Gasteiger partial charge < -0.3 is 16.4 Å². The molecular weight excluding hydrogens is 290 g/mol. The Balaban J connectivity index is 2.15. The summed E-state index contributed by atoms with van der Waals surface area (Å²) in [5, 5.41) is 5.52. The molecule has 2 rings (SSSR count). The van der Waals surface area contributed by atoms with Gasteiger partial charge in [-0.15, -0.1) is 0 Å². The largest absolute Gasteiger partial charge is 0.352 e. The number of nitrogens with one attached hydrogen (secondary N) is 2. The summed E-state index contributed by atoms with van der Waals surface area (Å²) in [6.07, 6.45) is 0.113. The van der Waals surface area contributed by atoms with Crippen LogP contribution in [0.4, 0.5) is 10.5 Å². The fourth-order valence-electron chi connectivity index (χ4n) is 2.49. The van der Waals surface area contributed by atoms with E-state index in [1.165, 1.54) is 0 Å². The molecule has 0 heterocycles. The van der Waals surface area contributed by atoms with E-state index in [9.17, 15) is 9.59 Å². The second kappa shape index (κ2) is 7.45. The van der Waals surface area contributed by atoms with Crippen LogP contribution in [-0.2, 0) is 4.79 Å². The molecule has 0 aliphatic heterocycles. The van der Waals surface area contributed by atoms with Crippen molar-refractivity contribution in [3.8, 4) is 0 Å². The van der Waals surface area contributed by atoms with Gasteiger partial charge in [-0.3, -0.25) is 4.79 Å². The third-order valence-electron chi connectivity index (χ3n) is 3.69. The summed E-state index contributed by atoms with van der Waals surface area (Å²) >= 11 is 0. The second-order valence-corrected chi connectivity index (χ2v) is 5.48. The summed E-state index contributed by atoms with van der Waals surface area (Å²) in [6.45, 7) is 3.86. The van der Waals surface area contributed by atoms with Crippen LogP contribution in [0.2, 0.25) is 0 Å². The van der Waals surface area contributed by atoms with E-state index in [-0.39, 0.29) is 12.3 Å². The monoisotopic (exact) mass is 311 g/mol. The summed E-state index contributed by atoms with van der Waals surface area (Å²) in [4.78, 5) is 23.6. The number of carbonyl (C=O) groups excluding carboxylic acids is 2. The van der Waals surface area contributed by atoms with Crippen molar-refractivity contribution in [1.29, 1.82) is 0 Å². The number of rotatable bonds is 5. The zero-order valence-corrected chi connectivity index (χ0v) is 13.3. The van der Waals surface area contributed by atoms with Crippen LogP contribution in [0.15, 0.2) is 48.5 Å². The van der Waals surface area contributed by atoms with Gasteiger partial charge >= 0.3 is 6.03 Å². The van der Waals surface area contributed by atoms with E-state index in [2.05, 4.69) is 10.6 Å². The van der Waals surface area contributed by atoms with Gasteiger partial charge in [0.1, 0.15) is 0 Å². The normalized spacial score (nSPS) is 11.6. The van der Waals surface area contributed by atoms with Crippen LogP contribution in [0, 0.1) is 13.8 Å². The predicted molar refractivity (Wildman–Crippen MR) is 91.1 cm³/mol. The first-order valence-electron chi connectivity index (χ1n) is 7.44. The van der Waals surface area contributed by atoms with E-state index in [1.54, 1.807) is 0 Å². The van der Waals surface area contributed by atoms with Crippen LogP contribution in [0.3, 0.4) is 0 Å². The maximum Gasteiger partial charge on any atom is 0.312 e. The Morgan fingerprint density at radius 3 is 2.22 bits per heavy atom. The summed E-state index contributed by atoms with van der Waals surface area (Å²) in [5.74, 6) is -0.179. The number of hydrogen-bond acceptors (Lipinski definition) is 2. The molecule has 5 heteroatoms. The van der Waals surface area contributed by atoms with Crippen molar-refractivity contribution >= 4 is 17.6 Å². The number of carbonyl (C=O) groups is 2. The number of nitrogens with two attached hydrogens (primary N) is 1. The minimum atomic E-state index is -0.651. The lowest BCUT2D eigenvalue weighted by molar-refractivity contribution is -0.116. The molecule has 0 aromatic heterocycles. The highest BCUT2D eigenvalue weighted by molar-refractivity contribution is 5.92. The van der Waals surface area contributed by atoms with E-state index in [0.717, 1.165) is 22.4 Å². The smallest absolute Gasteiger partial charge is 0.312 e. The Morgan fingerprint density at radius 1 is 1.00 bits per heavy atom. The Bertz CT molecular complexity index is 713. The Morgan fingerprint density at radius 2 is 1.61 bits per heavy atom. The van der Waals surface area contributed by atoms with E-state index >= 15 is 0 Å². The van der Waals surface area contributed by atoms with E-state index < -0.39 is 12.1 Å². The van der Waals surface area contributed by atoms with Crippen LogP contribution in [0.25, 0.3) is 0 Å². The van der Waals surface area contributed by atoms with Gasteiger partial charge in [-0.2, -0.15) is 0 Å². The summed E-state index contributed by atoms with van der Waals surface area (Å²) in [5.41, 5.74) is 8.87. The van der Waals surface area contributed by atoms with Gasteiger partial charge in [-0.05, 0) is 36.6 Å². The highest BCUT2D eigenvalue weighted by atomic mass is 16.2. The maximum atomic E-state index is 12.3. The van der Waals surface area contributed by atoms with Crippen molar-refractivity contribution < 1.29 is 9.59 Å². The van der Waals surface area contributed by atoms with Gasteiger partial charge in [0.2, 0.25) is 5.91 Å². The molecule has 120 valence electrons. The number of urea groups is 1. The molecule has 0 aliphatic rings. The average molecular weight is 311 g/mol. The molecule has 0 radical (unpaired) electrons. The van der Waals surface area contributed by atoms with Crippen molar-refractivity contribution in [2.45, 2.75) is 26.3 Å². The molecule has 3 amide bonds. The molecule has 5 nitrogen and oxygen atoms in total. The Hall–Kier alpha value is -2.82. The van der Waals surface area contributed by atoms with Gasteiger partial charge in [-0.25, -0.2) is 4.79 Å². The van der Waals surface area contributed by atoms with Crippen LogP contribution < -0.4 is 16.4 Å². The fraction of sp³-hybridized carbons (Fsp3) is 0.222. The minimum Gasteiger partial charge on any atom is -0.352 e. The molecular formula is C18H21N3O2. The number of anilines is 1. The molecule has 0 aliphatic carbocycles. The van der Waals surface area contributed by atoms with E-state index in [0.29, 0.717) is 0 Å². The lowest BCUT2D eigenvalue weighted by atomic mass is 9.98. The third kappa shape index (κ3) is 4.57. The zero-order valence-electron chi connectivity index (χ0n) is 13.3. The molecule has 2 aromatic carbocycles. The van der Waals surface area contributed by atoms with Crippen molar-refractivity contribution in [2.75, 3.05) is 5.32 Å². The summed E-state index contributed by atoms with van der Waals surface area (Å²) in [7, 11) is 0. The lowest BCUT2D eigenvalue weighted by Crippen LogP contribution is -2.35. The quantitative estimate of drug-likeness (QED) is 0.793. The number of aryl methyl sites for hydroxylation is 2. The number of amides is 3. The van der Waals surface area contributed by atoms with Crippen molar-refractivity contribution in [1.82, 2.24) is 5.32 Å². The van der Waals surface area contributed by atoms with Crippen LogP contribution in [0.5, 0.6) is 0 Å². The molecule has 0 spiro atoms.